The molecule has 4 nitrogen and oxygen atoms in total. The van der Waals surface area contributed by atoms with Gasteiger partial charge in [0.2, 0.25) is 11.8 Å². The van der Waals surface area contributed by atoms with Crippen molar-refractivity contribution in [1.29, 1.82) is 0 Å². The Morgan fingerprint density at radius 2 is 1.95 bits per heavy atom. The summed E-state index contributed by atoms with van der Waals surface area (Å²) < 4.78 is 0. The molecule has 0 saturated carbocycles. The standard InChI is InChI=1S/C15H17ClN2O2/c1-18-14(19)7-6-13(15(18)20)17-12-5-2-9-8-10(16)3-4-11(9)12/h3-4,8,12-13,17H,2,5-7H2,1H3. The lowest BCUT2D eigenvalue weighted by Gasteiger charge is -2.30. The largest absolute Gasteiger partial charge is 0.299 e. The van der Waals surface area contributed by atoms with Crippen LogP contribution in [0.15, 0.2) is 18.2 Å². The highest BCUT2D eigenvalue weighted by atomic mass is 35.5. The fourth-order valence-electron chi connectivity index (χ4n) is 3.07. The molecule has 3 rings (SSSR count). The second-order valence-corrected chi connectivity index (χ2v) is 5.92. The average Bonchev–Trinajstić information content (AvgIpc) is 2.82. The molecule has 1 N–H and O–H groups in total. The zero-order chi connectivity index (χ0) is 14.3. The molecule has 1 aliphatic heterocycles. The van der Waals surface area contributed by atoms with Crippen molar-refractivity contribution in [2.75, 3.05) is 7.05 Å². The lowest BCUT2D eigenvalue weighted by molar-refractivity contribution is -0.148. The Balaban J connectivity index is 1.74. The van der Waals surface area contributed by atoms with Gasteiger partial charge in [-0.05, 0) is 42.5 Å². The molecule has 1 heterocycles. The number of nitrogens with zero attached hydrogens (tertiary/aromatic N) is 1. The number of imide groups is 1. The van der Waals surface area contributed by atoms with Crippen LogP contribution in [0.4, 0.5) is 0 Å². The molecule has 2 unspecified atom stereocenters. The monoisotopic (exact) mass is 292 g/mol. The maximum Gasteiger partial charge on any atom is 0.246 e. The Hall–Kier alpha value is -1.39. The van der Waals surface area contributed by atoms with Crippen LogP contribution in [-0.4, -0.2) is 29.8 Å². The fraction of sp³-hybridized carbons (Fsp3) is 0.467. The van der Waals surface area contributed by atoms with Crippen LogP contribution in [0.1, 0.15) is 36.4 Å². The fourth-order valence-corrected chi connectivity index (χ4v) is 3.27. The molecule has 1 aliphatic carbocycles. The summed E-state index contributed by atoms with van der Waals surface area (Å²) in [4.78, 5) is 24.8. The van der Waals surface area contributed by atoms with E-state index >= 15 is 0 Å². The third-order valence-electron chi connectivity index (χ3n) is 4.23. The van der Waals surface area contributed by atoms with E-state index in [0.29, 0.717) is 12.8 Å². The lowest BCUT2D eigenvalue weighted by Crippen LogP contribution is -2.52. The molecule has 20 heavy (non-hydrogen) atoms. The first-order valence-corrected chi connectivity index (χ1v) is 7.29. The molecule has 2 aliphatic rings. The second kappa shape index (κ2) is 5.19. The summed E-state index contributed by atoms with van der Waals surface area (Å²) in [6.07, 6.45) is 2.96. The highest BCUT2D eigenvalue weighted by Gasteiger charge is 2.34. The zero-order valence-electron chi connectivity index (χ0n) is 11.4. The van der Waals surface area contributed by atoms with Gasteiger partial charge in [-0.2, -0.15) is 0 Å². The first-order chi connectivity index (χ1) is 9.56. The van der Waals surface area contributed by atoms with E-state index in [1.165, 1.54) is 16.0 Å². The number of hydrogen-bond donors (Lipinski definition) is 1. The van der Waals surface area contributed by atoms with Crippen molar-refractivity contribution in [3.63, 3.8) is 0 Å². The lowest BCUT2D eigenvalue weighted by atomic mass is 10.0. The van der Waals surface area contributed by atoms with E-state index < -0.39 is 0 Å². The van der Waals surface area contributed by atoms with Gasteiger partial charge in [-0.15, -0.1) is 0 Å². The van der Waals surface area contributed by atoms with Crippen molar-refractivity contribution < 1.29 is 9.59 Å². The van der Waals surface area contributed by atoms with Crippen LogP contribution in [0.25, 0.3) is 0 Å². The van der Waals surface area contributed by atoms with Crippen LogP contribution in [-0.2, 0) is 16.0 Å². The van der Waals surface area contributed by atoms with E-state index in [9.17, 15) is 9.59 Å². The molecule has 1 aromatic carbocycles. The Morgan fingerprint density at radius 3 is 2.75 bits per heavy atom. The molecule has 0 spiro atoms. The highest BCUT2D eigenvalue weighted by Crippen LogP contribution is 2.33. The molecule has 1 saturated heterocycles. The van der Waals surface area contributed by atoms with Gasteiger partial charge >= 0.3 is 0 Å². The summed E-state index contributed by atoms with van der Waals surface area (Å²) >= 11 is 6.00. The van der Waals surface area contributed by atoms with Crippen LogP contribution in [0.2, 0.25) is 5.02 Å². The van der Waals surface area contributed by atoms with Crippen LogP contribution in [0.3, 0.4) is 0 Å². The molecule has 0 radical (unpaired) electrons. The number of piperidine rings is 1. The van der Waals surface area contributed by atoms with E-state index in [2.05, 4.69) is 5.32 Å². The normalized spacial score (nSPS) is 26.0. The Labute approximate surface area is 123 Å². The van der Waals surface area contributed by atoms with Crippen LogP contribution in [0, 0.1) is 0 Å². The first-order valence-electron chi connectivity index (χ1n) is 6.91. The third-order valence-corrected chi connectivity index (χ3v) is 4.47. The minimum Gasteiger partial charge on any atom is -0.299 e. The number of likely N-dealkylation sites (N-methyl/N-ethyl adjacent to an activating group) is 1. The number of likely N-dealkylation sites (tertiary alicyclic amines) is 1. The van der Waals surface area contributed by atoms with Gasteiger partial charge in [0, 0.05) is 24.5 Å². The van der Waals surface area contributed by atoms with Gasteiger partial charge in [0.1, 0.15) is 0 Å². The highest BCUT2D eigenvalue weighted by molar-refractivity contribution is 6.30. The molecule has 0 bridgehead atoms. The predicted octanol–water partition coefficient (Wildman–Crippen LogP) is 2.06. The van der Waals surface area contributed by atoms with Crippen molar-refractivity contribution in [2.24, 2.45) is 0 Å². The van der Waals surface area contributed by atoms with E-state index in [1.54, 1.807) is 7.05 Å². The quantitative estimate of drug-likeness (QED) is 0.849. The van der Waals surface area contributed by atoms with Crippen LogP contribution in [0.5, 0.6) is 0 Å². The van der Waals surface area contributed by atoms with Gasteiger partial charge in [-0.3, -0.25) is 19.8 Å². The molecule has 2 atom stereocenters. The number of carbonyl (C=O) groups excluding carboxylic acids is 2. The van der Waals surface area contributed by atoms with Gasteiger partial charge in [0.05, 0.1) is 6.04 Å². The van der Waals surface area contributed by atoms with Gasteiger partial charge in [-0.1, -0.05) is 17.7 Å². The number of fused-ring (bicyclic) bond motifs is 1. The number of aryl methyl sites for hydroxylation is 1. The Morgan fingerprint density at radius 1 is 1.20 bits per heavy atom. The molecular weight excluding hydrogens is 276 g/mol. The number of amides is 2. The number of nitrogens with one attached hydrogen (secondary N) is 1. The first kappa shape index (κ1) is 13.6. The van der Waals surface area contributed by atoms with Crippen molar-refractivity contribution in [1.82, 2.24) is 10.2 Å². The van der Waals surface area contributed by atoms with E-state index in [-0.39, 0.29) is 23.9 Å². The molecule has 106 valence electrons. The van der Waals surface area contributed by atoms with Crippen LogP contribution >= 0.6 is 11.6 Å². The average molecular weight is 293 g/mol. The van der Waals surface area contributed by atoms with Crippen molar-refractivity contribution >= 4 is 23.4 Å². The van der Waals surface area contributed by atoms with Crippen LogP contribution < -0.4 is 5.32 Å². The molecular formula is C15H17ClN2O2. The summed E-state index contributed by atoms with van der Waals surface area (Å²) in [5, 5.41) is 4.16. The smallest absolute Gasteiger partial charge is 0.246 e. The number of halogens is 1. The predicted molar refractivity (Wildman–Crippen MR) is 76.4 cm³/mol. The summed E-state index contributed by atoms with van der Waals surface area (Å²) in [6, 6.07) is 5.84. The van der Waals surface area contributed by atoms with Gasteiger partial charge in [-0.25, -0.2) is 0 Å². The Kier molecular flexibility index (Phi) is 3.52. The van der Waals surface area contributed by atoms with Crippen molar-refractivity contribution in [3.05, 3.63) is 34.3 Å². The number of rotatable bonds is 2. The maximum atomic E-state index is 12.1. The second-order valence-electron chi connectivity index (χ2n) is 5.48. The van der Waals surface area contributed by atoms with Crippen molar-refractivity contribution in [3.8, 4) is 0 Å². The van der Waals surface area contributed by atoms with Gasteiger partial charge < -0.3 is 0 Å². The topological polar surface area (TPSA) is 49.4 Å². The van der Waals surface area contributed by atoms with Gasteiger partial charge in [0.25, 0.3) is 0 Å². The SMILES string of the molecule is CN1C(=O)CCC(NC2CCc3cc(Cl)ccc32)C1=O. The van der Waals surface area contributed by atoms with E-state index in [4.69, 9.17) is 11.6 Å². The summed E-state index contributed by atoms with van der Waals surface area (Å²) in [7, 11) is 1.56. The number of benzene rings is 1. The third kappa shape index (κ3) is 2.34. The van der Waals surface area contributed by atoms with Crippen molar-refractivity contribution in [2.45, 2.75) is 37.8 Å². The number of carbonyl (C=O) groups is 2. The maximum absolute atomic E-state index is 12.1. The summed E-state index contributed by atoms with van der Waals surface area (Å²) in [5.41, 5.74) is 2.48. The Bertz CT molecular complexity index is 573. The summed E-state index contributed by atoms with van der Waals surface area (Å²) in [6.45, 7) is 0. The van der Waals surface area contributed by atoms with Gasteiger partial charge in [0.15, 0.2) is 0 Å². The summed E-state index contributed by atoms with van der Waals surface area (Å²) in [5.74, 6) is -0.213. The molecule has 2 amide bonds. The minimum absolute atomic E-state index is 0.0911. The number of hydrogen-bond acceptors (Lipinski definition) is 3. The van der Waals surface area contributed by atoms with E-state index in [1.807, 2.05) is 18.2 Å². The molecule has 1 aromatic rings. The molecule has 1 fully saturated rings. The minimum atomic E-state index is -0.260. The molecule has 0 aromatic heterocycles. The van der Waals surface area contributed by atoms with E-state index in [0.717, 1.165) is 17.9 Å². The zero-order valence-corrected chi connectivity index (χ0v) is 12.1. The molecule has 5 heteroatoms.